The van der Waals surface area contributed by atoms with Crippen molar-refractivity contribution in [2.24, 2.45) is 0 Å². The van der Waals surface area contributed by atoms with Crippen LogP contribution in [0.5, 0.6) is 0 Å². The Kier molecular flexibility index (Phi) is 5.63. The molecule has 0 fully saturated rings. The van der Waals surface area contributed by atoms with Crippen molar-refractivity contribution < 1.29 is 46.8 Å². The van der Waals surface area contributed by atoms with Crippen molar-refractivity contribution in [2.45, 2.75) is 15.3 Å². The molecule has 0 bridgehead atoms. The minimum Gasteiger partial charge on any atom is -0.212 e. The lowest BCUT2D eigenvalue weighted by molar-refractivity contribution is -0.0441. The van der Waals surface area contributed by atoms with Crippen LogP contribution in [0.25, 0.3) is 0 Å². The van der Waals surface area contributed by atoms with E-state index in [1.807, 2.05) is 0 Å². The van der Waals surface area contributed by atoms with Gasteiger partial charge in [0.05, 0.1) is 16.0 Å². The van der Waals surface area contributed by atoms with E-state index in [0.29, 0.717) is 34.6 Å². The van der Waals surface area contributed by atoms with Crippen molar-refractivity contribution in [1.82, 2.24) is 8.25 Å². The maximum atomic E-state index is 12.2. The first-order valence-corrected chi connectivity index (χ1v) is 11.9. The van der Waals surface area contributed by atoms with E-state index >= 15 is 0 Å². The van der Waals surface area contributed by atoms with Gasteiger partial charge in [-0.25, -0.2) is 33.7 Å². The summed E-state index contributed by atoms with van der Waals surface area (Å²) in [5, 5.41) is 0. The van der Waals surface area contributed by atoms with Crippen LogP contribution in [-0.2, 0) is 40.1 Å². The number of rotatable bonds is 6. The fourth-order valence-electron chi connectivity index (χ4n) is 1.29. The van der Waals surface area contributed by atoms with Crippen molar-refractivity contribution >= 4 is 40.1 Å². The summed E-state index contributed by atoms with van der Waals surface area (Å²) in [7, 11) is -20.2. The fraction of sp³-hybridized carbons (Fsp3) is 0.250. The smallest absolute Gasteiger partial charge is 0.212 e. The summed E-state index contributed by atoms with van der Waals surface area (Å²) in [4.78, 5) is -1.73. The molecule has 0 radical (unpaired) electrons. The highest BCUT2D eigenvalue weighted by molar-refractivity contribution is 8.05. The third-order valence-corrected chi connectivity index (χ3v) is 8.47. The highest BCUT2D eigenvalue weighted by Crippen LogP contribution is 2.24. The minimum absolute atomic E-state index is 0.444. The molecule has 17 heteroatoms. The average Bonchev–Trinajstić information content (AvgIpc) is 2.33. The molecule has 2 N–H and O–H groups in total. The summed E-state index contributed by atoms with van der Waals surface area (Å²) < 4.78 is 128. The quantitative estimate of drug-likeness (QED) is 0.566. The molecular formula is C8H9F3N2O8S4. The van der Waals surface area contributed by atoms with Crippen molar-refractivity contribution in [1.29, 1.82) is 0 Å². The molecule has 1 aromatic rings. The Hall–Kier alpha value is -1.27. The van der Waals surface area contributed by atoms with Gasteiger partial charge in [0.1, 0.15) is 0 Å². The molecule has 144 valence electrons. The second-order valence-corrected chi connectivity index (χ2v) is 11.7. The van der Waals surface area contributed by atoms with E-state index in [-0.39, 0.29) is 0 Å². The van der Waals surface area contributed by atoms with Gasteiger partial charge in [-0.3, -0.25) is 0 Å². The van der Waals surface area contributed by atoms with Crippen LogP contribution in [-0.4, -0.2) is 45.4 Å². The summed E-state index contributed by atoms with van der Waals surface area (Å²) in [6, 6.07) is 2.07. The average molecular weight is 446 g/mol. The third kappa shape index (κ3) is 5.61. The second-order valence-electron chi connectivity index (χ2n) is 4.37. The zero-order chi connectivity index (χ0) is 19.9. The van der Waals surface area contributed by atoms with Gasteiger partial charge in [0.2, 0.25) is 10.0 Å². The molecule has 0 spiro atoms. The zero-order valence-corrected chi connectivity index (χ0v) is 15.1. The topological polar surface area (TPSA) is 161 Å². The maximum Gasteiger partial charge on any atom is 0.512 e. The van der Waals surface area contributed by atoms with Gasteiger partial charge in [0, 0.05) is 0 Å². The molecule has 25 heavy (non-hydrogen) atoms. The number of alkyl halides is 3. The molecule has 1 rings (SSSR count). The zero-order valence-electron chi connectivity index (χ0n) is 11.8. The maximum absolute atomic E-state index is 12.2. The Morgan fingerprint density at radius 1 is 0.720 bits per heavy atom. The summed E-state index contributed by atoms with van der Waals surface area (Å²) >= 11 is 0. The van der Waals surface area contributed by atoms with Crippen molar-refractivity contribution in [3.63, 3.8) is 0 Å². The van der Waals surface area contributed by atoms with Gasteiger partial charge in [-0.15, -0.1) is 4.13 Å². The van der Waals surface area contributed by atoms with Crippen LogP contribution in [0.4, 0.5) is 13.2 Å². The molecule has 0 atom stereocenters. The van der Waals surface area contributed by atoms with Crippen molar-refractivity contribution in [3.05, 3.63) is 24.3 Å². The van der Waals surface area contributed by atoms with Crippen LogP contribution in [0.2, 0.25) is 0 Å². The lowest BCUT2D eigenvalue weighted by atomic mass is 10.4. The molecule has 0 aromatic heterocycles. The Labute approximate surface area is 141 Å². The van der Waals surface area contributed by atoms with Crippen LogP contribution in [0.15, 0.2) is 34.1 Å². The van der Waals surface area contributed by atoms with E-state index in [2.05, 4.69) is 0 Å². The van der Waals surface area contributed by atoms with Gasteiger partial charge in [-0.05, 0) is 24.3 Å². The van der Waals surface area contributed by atoms with Crippen LogP contribution in [0.1, 0.15) is 0 Å². The Morgan fingerprint density at radius 3 is 1.32 bits per heavy atom. The van der Waals surface area contributed by atoms with Crippen LogP contribution in [0.3, 0.4) is 0 Å². The second kappa shape index (κ2) is 6.47. The van der Waals surface area contributed by atoms with Gasteiger partial charge < -0.3 is 0 Å². The Balaban J connectivity index is 3.23. The summed E-state index contributed by atoms with van der Waals surface area (Å²) in [6.45, 7) is 0. The van der Waals surface area contributed by atoms with Gasteiger partial charge in [0.25, 0.3) is 20.0 Å². The molecule has 1 aromatic carbocycles. The van der Waals surface area contributed by atoms with Crippen LogP contribution in [0, 0.1) is 0 Å². The van der Waals surface area contributed by atoms with E-state index in [1.165, 1.54) is 4.13 Å². The molecule has 0 saturated carbocycles. The van der Waals surface area contributed by atoms with Crippen LogP contribution >= 0.6 is 0 Å². The molecular weight excluding hydrogens is 437 g/mol. The van der Waals surface area contributed by atoms with Gasteiger partial charge >= 0.3 is 15.5 Å². The first kappa shape index (κ1) is 21.8. The standard InChI is InChI=1S/C8H9F3N2O8S4/c1-22(14,15)12-23(16,17)6-2-4-7(5-3-6)24(18,19)13-25(20,21)8(9,10)11/h2-5,12-13H,1H3. The predicted octanol–water partition coefficient (Wildman–Crippen LogP) is -0.948. The monoisotopic (exact) mass is 446 g/mol. The minimum atomic E-state index is -6.21. The first-order valence-electron chi connectivity index (χ1n) is 5.56. The van der Waals surface area contributed by atoms with Crippen LogP contribution < -0.4 is 8.25 Å². The molecule has 0 aliphatic heterocycles. The lowest BCUT2D eigenvalue weighted by Gasteiger charge is -2.10. The number of hydrogen-bond donors (Lipinski definition) is 2. The van der Waals surface area contributed by atoms with E-state index in [0.717, 1.165) is 0 Å². The van der Waals surface area contributed by atoms with Gasteiger partial charge in [-0.2, -0.15) is 13.2 Å². The van der Waals surface area contributed by atoms with E-state index in [1.54, 1.807) is 0 Å². The number of halogens is 3. The number of sulfonamides is 4. The first-order chi connectivity index (χ1) is 10.9. The van der Waals surface area contributed by atoms with Crippen molar-refractivity contribution in [2.75, 3.05) is 6.26 Å². The fourth-order valence-corrected chi connectivity index (χ4v) is 6.17. The normalized spacial score (nSPS) is 14.4. The molecule has 10 nitrogen and oxygen atoms in total. The largest absolute Gasteiger partial charge is 0.512 e. The summed E-state index contributed by atoms with van der Waals surface area (Å²) in [5.74, 6) is 0. The molecule has 0 aliphatic rings. The van der Waals surface area contributed by atoms with Gasteiger partial charge in [0.15, 0.2) is 0 Å². The van der Waals surface area contributed by atoms with E-state index < -0.39 is 55.4 Å². The SMILES string of the molecule is CS(=O)(=O)NS(=O)(=O)c1ccc(S(=O)(=O)NS(=O)(=O)C(F)(F)F)cc1. The molecule has 0 amide bonds. The highest BCUT2D eigenvalue weighted by Gasteiger charge is 2.48. The van der Waals surface area contributed by atoms with E-state index in [9.17, 15) is 46.8 Å². The number of hydrogen-bond acceptors (Lipinski definition) is 8. The summed E-state index contributed by atoms with van der Waals surface area (Å²) in [5.41, 5.74) is -5.89. The van der Waals surface area contributed by atoms with Crippen molar-refractivity contribution in [3.8, 4) is 0 Å². The van der Waals surface area contributed by atoms with Gasteiger partial charge in [-0.1, -0.05) is 4.13 Å². The van der Waals surface area contributed by atoms with E-state index in [4.69, 9.17) is 0 Å². The molecule has 0 saturated heterocycles. The number of nitrogens with one attached hydrogen (secondary N) is 2. The number of benzene rings is 1. The highest BCUT2D eigenvalue weighted by atomic mass is 32.3. The third-order valence-electron chi connectivity index (χ3n) is 2.23. The predicted molar refractivity (Wildman–Crippen MR) is 76.9 cm³/mol. The summed E-state index contributed by atoms with van der Waals surface area (Å²) in [6.07, 6.45) is 0.537. The molecule has 0 heterocycles. The lowest BCUT2D eigenvalue weighted by Crippen LogP contribution is -2.40. The molecule has 0 aliphatic carbocycles. The Morgan fingerprint density at radius 2 is 1.04 bits per heavy atom. The Bertz CT molecular complexity index is 1070. The molecule has 0 unspecified atom stereocenters.